The zero-order valence-electron chi connectivity index (χ0n) is 20.1. The molecule has 0 aromatic heterocycles. The van der Waals surface area contributed by atoms with Gasteiger partial charge in [-0.1, -0.05) is 42.7 Å². The first-order valence-corrected chi connectivity index (χ1v) is 12.6. The van der Waals surface area contributed by atoms with E-state index in [0.717, 1.165) is 82.5 Å². The molecule has 1 atom stereocenters. The maximum absolute atomic E-state index is 13.4. The SMILES string of the molecule is Cc1ccc(N2CCN(C)CC2)c(CC2CCN(c3ccc(C4(O)CCCC4)cc3)C2=O)c1. The van der Waals surface area contributed by atoms with Crippen LogP contribution in [0.1, 0.15) is 48.8 Å². The summed E-state index contributed by atoms with van der Waals surface area (Å²) < 4.78 is 0. The summed E-state index contributed by atoms with van der Waals surface area (Å²) in [6, 6.07) is 14.8. The summed E-state index contributed by atoms with van der Waals surface area (Å²) in [5.41, 5.74) is 5.12. The Balaban J connectivity index is 1.30. The smallest absolute Gasteiger partial charge is 0.230 e. The Morgan fingerprint density at radius 2 is 1.67 bits per heavy atom. The maximum Gasteiger partial charge on any atom is 0.230 e. The number of carbonyl (C=O) groups excluding carboxylic acids is 1. The Hall–Kier alpha value is -2.37. The molecular formula is C28H37N3O2. The molecule has 5 nitrogen and oxygen atoms in total. The van der Waals surface area contributed by atoms with Crippen molar-refractivity contribution in [2.75, 3.05) is 49.6 Å². The molecule has 1 N–H and O–H groups in total. The van der Waals surface area contributed by atoms with Gasteiger partial charge in [-0.05, 0) is 69.0 Å². The summed E-state index contributed by atoms with van der Waals surface area (Å²) >= 11 is 0. The molecule has 0 radical (unpaired) electrons. The van der Waals surface area contributed by atoms with Crippen LogP contribution in [0.5, 0.6) is 0 Å². The first-order chi connectivity index (χ1) is 15.9. The van der Waals surface area contributed by atoms with Gasteiger partial charge in [-0.3, -0.25) is 4.79 Å². The number of rotatable bonds is 5. The van der Waals surface area contributed by atoms with Crippen LogP contribution in [-0.2, 0) is 16.8 Å². The number of nitrogens with zero attached hydrogens (tertiary/aromatic N) is 3. The maximum atomic E-state index is 13.4. The van der Waals surface area contributed by atoms with Crippen LogP contribution in [0.25, 0.3) is 0 Å². The van der Waals surface area contributed by atoms with Crippen molar-refractivity contribution in [2.45, 2.75) is 51.0 Å². The highest BCUT2D eigenvalue weighted by atomic mass is 16.3. The number of hydrogen-bond donors (Lipinski definition) is 1. The quantitative estimate of drug-likeness (QED) is 0.750. The molecule has 5 heteroatoms. The molecule has 0 spiro atoms. The van der Waals surface area contributed by atoms with Crippen LogP contribution in [-0.4, -0.2) is 55.7 Å². The molecule has 33 heavy (non-hydrogen) atoms. The van der Waals surface area contributed by atoms with Crippen molar-refractivity contribution in [3.05, 3.63) is 59.2 Å². The van der Waals surface area contributed by atoms with Gasteiger partial charge in [0.05, 0.1) is 5.60 Å². The van der Waals surface area contributed by atoms with Crippen molar-refractivity contribution >= 4 is 17.3 Å². The van der Waals surface area contributed by atoms with Crippen LogP contribution < -0.4 is 9.80 Å². The number of aliphatic hydroxyl groups is 1. The molecule has 1 unspecified atom stereocenters. The number of hydrogen-bond acceptors (Lipinski definition) is 4. The van der Waals surface area contributed by atoms with E-state index >= 15 is 0 Å². The molecule has 1 aliphatic carbocycles. The lowest BCUT2D eigenvalue weighted by atomic mass is 9.92. The Morgan fingerprint density at radius 3 is 2.36 bits per heavy atom. The molecule has 5 rings (SSSR count). The second-order valence-corrected chi connectivity index (χ2v) is 10.4. The number of likely N-dealkylation sites (N-methyl/N-ethyl adjacent to an activating group) is 1. The molecule has 1 saturated carbocycles. The molecule has 2 aliphatic heterocycles. The monoisotopic (exact) mass is 447 g/mol. The summed E-state index contributed by atoms with van der Waals surface area (Å²) in [6.45, 7) is 7.14. The van der Waals surface area contributed by atoms with Gasteiger partial charge in [-0.25, -0.2) is 0 Å². The highest BCUT2D eigenvalue weighted by Gasteiger charge is 2.35. The fraction of sp³-hybridized carbons (Fsp3) is 0.536. The lowest BCUT2D eigenvalue weighted by Gasteiger charge is -2.35. The summed E-state index contributed by atoms with van der Waals surface area (Å²) in [7, 11) is 2.18. The molecule has 2 aromatic carbocycles. The number of anilines is 2. The van der Waals surface area contributed by atoms with E-state index in [4.69, 9.17) is 0 Å². The van der Waals surface area contributed by atoms with Gasteiger partial charge >= 0.3 is 0 Å². The van der Waals surface area contributed by atoms with E-state index in [1.54, 1.807) is 0 Å². The van der Waals surface area contributed by atoms with Gasteiger partial charge < -0.3 is 19.8 Å². The minimum atomic E-state index is -0.680. The summed E-state index contributed by atoms with van der Waals surface area (Å²) in [4.78, 5) is 20.2. The summed E-state index contributed by atoms with van der Waals surface area (Å²) in [5, 5.41) is 10.9. The first kappa shape index (κ1) is 22.4. The van der Waals surface area contributed by atoms with Gasteiger partial charge in [0.15, 0.2) is 0 Å². The van der Waals surface area contributed by atoms with Gasteiger partial charge in [0, 0.05) is 50.0 Å². The predicted molar refractivity (Wildman–Crippen MR) is 134 cm³/mol. The van der Waals surface area contributed by atoms with Crippen molar-refractivity contribution in [3.8, 4) is 0 Å². The van der Waals surface area contributed by atoms with E-state index in [0.29, 0.717) is 0 Å². The number of carbonyl (C=O) groups is 1. The Bertz CT molecular complexity index is 989. The third-order valence-electron chi connectivity index (χ3n) is 8.01. The third kappa shape index (κ3) is 4.53. The van der Waals surface area contributed by atoms with Crippen LogP contribution in [0.4, 0.5) is 11.4 Å². The fourth-order valence-electron chi connectivity index (χ4n) is 5.88. The fourth-order valence-corrected chi connectivity index (χ4v) is 5.88. The average molecular weight is 448 g/mol. The van der Waals surface area contributed by atoms with Crippen LogP contribution >= 0.6 is 0 Å². The lowest BCUT2D eigenvalue weighted by Crippen LogP contribution is -2.44. The predicted octanol–water partition coefficient (Wildman–Crippen LogP) is 4.10. The zero-order chi connectivity index (χ0) is 23.0. The zero-order valence-corrected chi connectivity index (χ0v) is 20.1. The molecule has 2 aromatic rings. The van der Waals surface area contributed by atoms with Crippen LogP contribution in [0.2, 0.25) is 0 Å². The number of aryl methyl sites for hydroxylation is 1. The second-order valence-electron chi connectivity index (χ2n) is 10.4. The molecular weight excluding hydrogens is 410 g/mol. The van der Waals surface area contributed by atoms with Crippen molar-refractivity contribution in [1.82, 2.24) is 4.90 Å². The van der Waals surface area contributed by atoms with E-state index in [2.05, 4.69) is 42.0 Å². The standard InChI is InChI=1S/C28H37N3O2/c1-21-5-10-26(30-17-15-29(2)16-18-30)23(19-21)20-22-11-14-31(27(22)32)25-8-6-24(7-9-25)28(33)12-3-4-13-28/h5-10,19,22,33H,3-4,11-18,20H2,1-2H3. The Kier molecular flexibility index (Phi) is 6.19. The van der Waals surface area contributed by atoms with E-state index in [1.807, 2.05) is 29.2 Å². The minimum Gasteiger partial charge on any atom is -0.385 e. The molecule has 1 amide bonds. The van der Waals surface area contributed by atoms with E-state index in [9.17, 15) is 9.90 Å². The number of piperazine rings is 1. The minimum absolute atomic E-state index is 0.0247. The number of amides is 1. The normalized spacial score (nSPS) is 23.5. The van der Waals surface area contributed by atoms with E-state index in [-0.39, 0.29) is 11.8 Å². The van der Waals surface area contributed by atoms with Crippen LogP contribution in [0, 0.1) is 12.8 Å². The topological polar surface area (TPSA) is 47.0 Å². The highest BCUT2D eigenvalue weighted by Crippen LogP contribution is 2.39. The molecule has 0 bridgehead atoms. The van der Waals surface area contributed by atoms with Gasteiger partial charge in [0.25, 0.3) is 0 Å². The van der Waals surface area contributed by atoms with Crippen molar-refractivity contribution in [3.63, 3.8) is 0 Å². The third-order valence-corrected chi connectivity index (χ3v) is 8.01. The molecule has 2 saturated heterocycles. The Labute approximate surface area is 198 Å². The van der Waals surface area contributed by atoms with Crippen molar-refractivity contribution in [1.29, 1.82) is 0 Å². The molecule has 2 heterocycles. The number of benzene rings is 2. The van der Waals surface area contributed by atoms with Gasteiger partial charge in [-0.15, -0.1) is 0 Å². The van der Waals surface area contributed by atoms with E-state index < -0.39 is 5.60 Å². The van der Waals surface area contributed by atoms with E-state index in [1.165, 1.54) is 16.8 Å². The molecule has 176 valence electrons. The van der Waals surface area contributed by atoms with Crippen LogP contribution in [0.15, 0.2) is 42.5 Å². The van der Waals surface area contributed by atoms with Gasteiger partial charge in [0.1, 0.15) is 0 Å². The van der Waals surface area contributed by atoms with Crippen molar-refractivity contribution < 1.29 is 9.90 Å². The largest absolute Gasteiger partial charge is 0.385 e. The Morgan fingerprint density at radius 1 is 0.970 bits per heavy atom. The summed E-state index contributed by atoms with van der Waals surface area (Å²) in [5.74, 6) is 0.255. The molecule has 3 aliphatic rings. The molecule has 3 fully saturated rings. The summed E-state index contributed by atoms with van der Waals surface area (Å²) in [6.07, 6.45) is 5.53. The lowest BCUT2D eigenvalue weighted by molar-refractivity contribution is -0.120. The highest BCUT2D eigenvalue weighted by molar-refractivity contribution is 5.97. The van der Waals surface area contributed by atoms with Crippen molar-refractivity contribution in [2.24, 2.45) is 5.92 Å². The average Bonchev–Trinajstić information content (AvgIpc) is 3.42. The second kappa shape index (κ2) is 9.11. The van der Waals surface area contributed by atoms with Crippen LogP contribution in [0.3, 0.4) is 0 Å². The van der Waals surface area contributed by atoms with Gasteiger partial charge in [0.2, 0.25) is 5.91 Å². The first-order valence-electron chi connectivity index (χ1n) is 12.6. The van der Waals surface area contributed by atoms with Gasteiger partial charge in [-0.2, -0.15) is 0 Å².